The van der Waals surface area contributed by atoms with Gasteiger partial charge in [0, 0.05) is 25.7 Å². The van der Waals surface area contributed by atoms with E-state index in [0.717, 1.165) is 0 Å². The van der Waals surface area contributed by atoms with E-state index in [0.29, 0.717) is 18.2 Å². The summed E-state index contributed by atoms with van der Waals surface area (Å²) >= 11 is 0. The molecule has 13 heavy (non-hydrogen) atoms. The number of ether oxygens (including phenoxy) is 1. The molecule has 0 saturated carbocycles. The molecule has 1 rings (SSSR count). The molecule has 3 unspecified atom stereocenters. The Labute approximate surface area is 81.4 Å². The third kappa shape index (κ3) is 3.25. The topological polar surface area (TPSA) is 24.5 Å². The Hall–Kier alpha value is -0.120. The normalized spacial score (nSPS) is 29.1. The number of hydrogen-bond acceptors (Lipinski definition) is 3. The molecule has 78 valence electrons. The smallest absolute Gasteiger partial charge is 0.0693 e. The molecule has 1 saturated heterocycles. The second kappa shape index (κ2) is 4.94. The average Bonchev–Trinajstić information content (AvgIpc) is 2.49. The van der Waals surface area contributed by atoms with Crippen LogP contribution in [0.3, 0.4) is 0 Å². The van der Waals surface area contributed by atoms with E-state index in [-0.39, 0.29) is 0 Å². The first-order valence-corrected chi connectivity index (χ1v) is 5.11. The van der Waals surface area contributed by atoms with Gasteiger partial charge in [0.1, 0.15) is 0 Å². The summed E-state index contributed by atoms with van der Waals surface area (Å²) in [6, 6.07) is 1.10. The Morgan fingerprint density at radius 3 is 2.62 bits per heavy atom. The maximum atomic E-state index is 5.27. The van der Waals surface area contributed by atoms with Gasteiger partial charge in [-0.3, -0.25) is 0 Å². The minimum atomic E-state index is 0.297. The first-order chi connectivity index (χ1) is 6.13. The van der Waals surface area contributed by atoms with Crippen LogP contribution in [0.1, 0.15) is 20.3 Å². The van der Waals surface area contributed by atoms with Crippen molar-refractivity contribution in [3.63, 3.8) is 0 Å². The van der Waals surface area contributed by atoms with Crippen LogP contribution in [0.5, 0.6) is 0 Å². The fraction of sp³-hybridized carbons (Fsp3) is 1.00. The van der Waals surface area contributed by atoms with Gasteiger partial charge in [0.15, 0.2) is 0 Å². The summed E-state index contributed by atoms with van der Waals surface area (Å²) in [5.41, 5.74) is 0. The van der Waals surface area contributed by atoms with E-state index < -0.39 is 0 Å². The quantitative estimate of drug-likeness (QED) is 0.699. The molecule has 0 aromatic heterocycles. The first-order valence-electron chi connectivity index (χ1n) is 5.11. The highest BCUT2D eigenvalue weighted by Crippen LogP contribution is 2.08. The van der Waals surface area contributed by atoms with Gasteiger partial charge in [-0.2, -0.15) is 0 Å². The molecule has 0 amide bonds. The minimum Gasteiger partial charge on any atom is -0.380 e. The van der Waals surface area contributed by atoms with Crippen LogP contribution in [0, 0.1) is 0 Å². The van der Waals surface area contributed by atoms with Crippen LogP contribution in [0.4, 0.5) is 0 Å². The van der Waals surface area contributed by atoms with Gasteiger partial charge in [0.2, 0.25) is 0 Å². The predicted molar refractivity (Wildman–Crippen MR) is 55.0 cm³/mol. The molecule has 0 aromatic rings. The standard InChI is InChI=1S/C10H22N2O/c1-8(9(2)13-4)11-10-5-6-12(3)7-10/h8-11H,5-7H2,1-4H3. The molecule has 0 spiro atoms. The number of methoxy groups -OCH3 is 1. The Bertz CT molecular complexity index is 152. The van der Waals surface area contributed by atoms with E-state index in [4.69, 9.17) is 4.74 Å². The zero-order valence-electron chi connectivity index (χ0n) is 9.21. The van der Waals surface area contributed by atoms with Crippen LogP contribution in [0.25, 0.3) is 0 Å². The third-order valence-electron chi connectivity index (χ3n) is 2.97. The van der Waals surface area contributed by atoms with Crippen molar-refractivity contribution in [3.05, 3.63) is 0 Å². The van der Waals surface area contributed by atoms with Gasteiger partial charge < -0.3 is 15.0 Å². The molecule has 1 heterocycles. The fourth-order valence-corrected chi connectivity index (χ4v) is 1.78. The lowest BCUT2D eigenvalue weighted by Gasteiger charge is -2.23. The molecule has 0 bridgehead atoms. The van der Waals surface area contributed by atoms with Gasteiger partial charge in [-0.05, 0) is 33.9 Å². The van der Waals surface area contributed by atoms with Crippen molar-refractivity contribution in [2.24, 2.45) is 0 Å². The highest BCUT2D eigenvalue weighted by Gasteiger charge is 2.22. The number of likely N-dealkylation sites (tertiary alicyclic amines) is 1. The van der Waals surface area contributed by atoms with Crippen LogP contribution < -0.4 is 5.32 Å². The number of nitrogens with one attached hydrogen (secondary N) is 1. The Morgan fingerprint density at radius 2 is 2.15 bits per heavy atom. The van der Waals surface area contributed by atoms with E-state index in [9.17, 15) is 0 Å². The van der Waals surface area contributed by atoms with Crippen LogP contribution in [-0.2, 0) is 4.74 Å². The summed E-state index contributed by atoms with van der Waals surface area (Å²) in [5.74, 6) is 0. The highest BCUT2D eigenvalue weighted by atomic mass is 16.5. The van der Waals surface area contributed by atoms with Gasteiger partial charge in [0.05, 0.1) is 6.10 Å². The first kappa shape index (κ1) is 11.0. The molecule has 0 radical (unpaired) electrons. The molecule has 0 aromatic carbocycles. The monoisotopic (exact) mass is 186 g/mol. The van der Waals surface area contributed by atoms with Gasteiger partial charge in [-0.15, -0.1) is 0 Å². The molecule has 1 fully saturated rings. The van der Waals surface area contributed by atoms with Crippen molar-refractivity contribution in [3.8, 4) is 0 Å². The lowest BCUT2D eigenvalue weighted by atomic mass is 10.1. The third-order valence-corrected chi connectivity index (χ3v) is 2.97. The zero-order chi connectivity index (χ0) is 9.84. The fourth-order valence-electron chi connectivity index (χ4n) is 1.78. The highest BCUT2D eigenvalue weighted by molar-refractivity contribution is 4.82. The van der Waals surface area contributed by atoms with E-state index in [1.54, 1.807) is 7.11 Å². The molecule has 1 aliphatic rings. The molecular weight excluding hydrogens is 164 g/mol. The van der Waals surface area contributed by atoms with Gasteiger partial charge in [0.25, 0.3) is 0 Å². The lowest BCUT2D eigenvalue weighted by Crippen LogP contribution is -2.44. The largest absolute Gasteiger partial charge is 0.380 e. The molecule has 3 atom stereocenters. The maximum absolute atomic E-state index is 5.27. The Morgan fingerprint density at radius 1 is 1.46 bits per heavy atom. The van der Waals surface area contributed by atoms with Crippen LogP contribution in [0.2, 0.25) is 0 Å². The number of nitrogens with zero attached hydrogens (tertiary/aromatic N) is 1. The minimum absolute atomic E-state index is 0.297. The summed E-state index contributed by atoms with van der Waals surface area (Å²) in [5, 5.41) is 3.59. The van der Waals surface area contributed by atoms with Gasteiger partial charge in [-0.1, -0.05) is 0 Å². The molecule has 3 heteroatoms. The molecule has 1 aliphatic heterocycles. The molecule has 0 aliphatic carbocycles. The van der Waals surface area contributed by atoms with Crippen LogP contribution in [0.15, 0.2) is 0 Å². The van der Waals surface area contributed by atoms with Crippen molar-refractivity contribution in [2.45, 2.75) is 38.5 Å². The van der Waals surface area contributed by atoms with E-state index >= 15 is 0 Å². The van der Waals surface area contributed by atoms with Crippen molar-refractivity contribution in [1.29, 1.82) is 0 Å². The van der Waals surface area contributed by atoms with Gasteiger partial charge >= 0.3 is 0 Å². The SMILES string of the molecule is COC(C)C(C)NC1CCN(C)C1. The van der Waals surface area contributed by atoms with Crippen molar-refractivity contribution in [2.75, 3.05) is 27.2 Å². The van der Waals surface area contributed by atoms with Gasteiger partial charge in [-0.25, -0.2) is 0 Å². The second-order valence-electron chi connectivity index (χ2n) is 4.14. The average molecular weight is 186 g/mol. The maximum Gasteiger partial charge on any atom is 0.0693 e. The van der Waals surface area contributed by atoms with E-state index in [1.807, 2.05) is 0 Å². The van der Waals surface area contributed by atoms with E-state index in [1.165, 1.54) is 19.5 Å². The Kier molecular flexibility index (Phi) is 4.16. The summed E-state index contributed by atoms with van der Waals surface area (Å²) in [6.07, 6.45) is 1.56. The number of likely N-dealkylation sites (N-methyl/N-ethyl adjacent to an activating group) is 1. The zero-order valence-corrected chi connectivity index (χ0v) is 9.21. The van der Waals surface area contributed by atoms with Crippen molar-refractivity contribution < 1.29 is 4.74 Å². The number of rotatable bonds is 4. The number of hydrogen-bond donors (Lipinski definition) is 1. The summed E-state index contributed by atoms with van der Waals surface area (Å²) in [4.78, 5) is 2.36. The van der Waals surface area contributed by atoms with Crippen molar-refractivity contribution >= 4 is 0 Å². The second-order valence-corrected chi connectivity index (χ2v) is 4.14. The Balaban J connectivity index is 2.24. The van der Waals surface area contributed by atoms with Crippen molar-refractivity contribution in [1.82, 2.24) is 10.2 Å². The molecule has 3 nitrogen and oxygen atoms in total. The van der Waals surface area contributed by atoms with E-state index in [2.05, 4.69) is 31.1 Å². The van der Waals surface area contributed by atoms with Crippen LogP contribution in [-0.4, -0.2) is 50.3 Å². The summed E-state index contributed by atoms with van der Waals surface area (Å²) < 4.78 is 5.27. The van der Waals surface area contributed by atoms with Crippen LogP contribution >= 0.6 is 0 Å². The lowest BCUT2D eigenvalue weighted by molar-refractivity contribution is 0.0848. The summed E-state index contributed by atoms with van der Waals surface area (Å²) in [6.45, 7) is 6.68. The summed E-state index contributed by atoms with van der Waals surface area (Å²) in [7, 11) is 3.94. The molecule has 1 N–H and O–H groups in total. The predicted octanol–water partition coefficient (Wildman–Crippen LogP) is 0.704. The molecular formula is C10H22N2O.